The first-order chi connectivity index (χ1) is 15.2. The minimum absolute atomic E-state index is 0.116. The van der Waals surface area contributed by atoms with E-state index in [2.05, 4.69) is 14.6 Å². The highest BCUT2D eigenvalue weighted by atomic mass is 35.5. The van der Waals surface area contributed by atoms with Crippen molar-refractivity contribution < 1.29 is 13.2 Å². The van der Waals surface area contributed by atoms with Crippen molar-refractivity contribution in [1.82, 2.24) is 19.2 Å². The van der Waals surface area contributed by atoms with Gasteiger partial charge in [-0.05, 0) is 55.6 Å². The molecule has 4 aromatic heterocycles. The van der Waals surface area contributed by atoms with Crippen LogP contribution in [0.25, 0.3) is 33.2 Å². The van der Waals surface area contributed by atoms with Crippen LogP contribution in [0.1, 0.15) is 17.1 Å². The number of rotatable bonds is 3. The van der Waals surface area contributed by atoms with Gasteiger partial charge in [0.25, 0.3) is 0 Å². The van der Waals surface area contributed by atoms with Gasteiger partial charge < -0.3 is 4.57 Å². The largest absolute Gasteiger partial charge is 0.433 e. The molecule has 5 aromatic rings. The first kappa shape index (κ1) is 20.8. The fourth-order valence-corrected chi connectivity index (χ4v) is 4.83. The number of nitrogens with zero attached hydrogens (tertiary/aromatic N) is 4. The molecular weight excluding hydrogens is 457 g/mol. The highest BCUT2D eigenvalue weighted by Gasteiger charge is 2.35. The molecule has 162 valence electrons. The van der Waals surface area contributed by atoms with Gasteiger partial charge in [0, 0.05) is 28.0 Å². The quantitative estimate of drug-likeness (QED) is 0.278. The number of fused-ring (bicyclic) bond motifs is 1. The fraction of sp³-hybridized carbons (Fsp3) is 0.130. The summed E-state index contributed by atoms with van der Waals surface area (Å²) in [7, 11) is 0. The molecule has 0 atom stereocenters. The molecule has 9 heteroatoms. The van der Waals surface area contributed by atoms with Crippen molar-refractivity contribution in [1.29, 1.82) is 0 Å². The van der Waals surface area contributed by atoms with Gasteiger partial charge in [0.15, 0.2) is 11.3 Å². The summed E-state index contributed by atoms with van der Waals surface area (Å²) in [5, 5.41) is 6.64. The van der Waals surface area contributed by atoms with E-state index in [1.54, 1.807) is 30.3 Å². The smallest absolute Gasteiger partial charge is 0.317 e. The van der Waals surface area contributed by atoms with Crippen molar-refractivity contribution in [3.63, 3.8) is 0 Å². The summed E-state index contributed by atoms with van der Waals surface area (Å²) < 4.78 is 44.7. The lowest BCUT2D eigenvalue weighted by Gasteiger charge is -2.11. The van der Waals surface area contributed by atoms with Crippen molar-refractivity contribution in [2.45, 2.75) is 20.0 Å². The lowest BCUT2D eigenvalue weighted by Crippen LogP contribution is -2.13. The van der Waals surface area contributed by atoms with E-state index in [0.29, 0.717) is 16.3 Å². The Balaban J connectivity index is 1.73. The molecule has 0 saturated heterocycles. The zero-order valence-corrected chi connectivity index (χ0v) is 18.6. The van der Waals surface area contributed by atoms with E-state index in [1.807, 2.05) is 37.4 Å². The molecule has 4 nitrogen and oxygen atoms in total. The molecule has 0 saturated carbocycles. The maximum absolute atomic E-state index is 13.9. The second-order valence-corrected chi connectivity index (χ2v) is 8.77. The number of thiophene rings is 1. The number of hydrogen-bond acceptors (Lipinski definition) is 3. The average Bonchev–Trinajstić information content (AvgIpc) is 3.44. The molecule has 0 aliphatic rings. The third-order valence-corrected chi connectivity index (χ3v) is 6.39. The van der Waals surface area contributed by atoms with Crippen LogP contribution in [0.4, 0.5) is 13.2 Å². The molecule has 0 N–H and O–H groups in total. The summed E-state index contributed by atoms with van der Waals surface area (Å²) in [6.07, 6.45) is -4.61. The van der Waals surface area contributed by atoms with Gasteiger partial charge in [-0.1, -0.05) is 23.7 Å². The third-order valence-electron chi connectivity index (χ3n) is 5.23. The Morgan fingerprint density at radius 1 is 0.938 bits per heavy atom. The van der Waals surface area contributed by atoms with Gasteiger partial charge in [0.2, 0.25) is 0 Å². The number of aromatic nitrogens is 4. The molecule has 0 fully saturated rings. The number of alkyl halides is 3. The van der Waals surface area contributed by atoms with Crippen LogP contribution in [-0.4, -0.2) is 19.2 Å². The van der Waals surface area contributed by atoms with Crippen molar-refractivity contribution in [2.75, 3.05) is 0 Å². The Hall–Kier alpha value is -3.10. The topological polar surface area (TPSA) is 35.1 Å². The molecule has 4 heterocycles. The van der Waals surface area contributed by atoms with Crippen LogP contribution in [0.2, 0.25) is 5.02 Å². The third kappa shape index (κ3) is 3.49. The molecule has 0 aliphatic carbocycles. The van der Waals surface area contributed by atoms with Crippen LogP contribution in [0.15, 0.2) is 60.0 Å². The van der Waals surface area contributed by atoms with Crippen LogP contribution in [0, 0.1) is 13.8 Å². The minimum Gasteiger partial charge on any atom is -0.317 e. The maximum Gasteiger partial charge on any atom is 0.433 e. The van der Waals surface area contributed by atoms with Gasteiger partial charge >= 0.3 is 6.18 Å². The molecule has 0 amide bonds. The van der Waals surface area contributed by atoms with E-state index >= 15 is 0 Å². The van der Waals surface area contributed by atoms with Gasteiger partial charge in [-0.15, -0.1) is 11.3 Å². The standard InChI is InChI=1S/C23H16ClF3N4S/c1-13-6-7-14(2)30(13)19-8-9-32-22(19)18-12-21-28-17(15-4-3-5-16(24)10-15)11-20(23(25,26)27)31(21)29-18/h3-12H,1-2H3. The highest BCUT2D eigenvalue weighted by molar-refractivity contribution is 7.14. The summed E-state index contributed by atoms with van der Waals surface area (Å²) in [6.45, 7) is 3.97. The molecule has 0 radical (unpaired) electrons. The van der Waals surface area contributed by atoms with Crippen molar-refractivity contribution >= 4 is 28.6 Å². The second kappa shape index (κ2) is 7.50. The average molecular weight is 473 g/mol. The number of hydrogen-bond donors (Lipinski definition) is 0. The van der Waals surface area contributed by atoms with Gasteiger partial charge in [-0.25, -0.2) is 9.50 Å². The van der Waals surface area contributed by atoms with Crippen LogP contribution >= 0.6 is 22.9 Å². The van der Waals surface area contributed by atoms with E-state index in [1.165, 1.54) is 11.3 Å². The van der Waals surface area contributed by atoms with Gasteiger partial charge in [0.05, 0.1) is 16.3 Å². The molecule has 5 rings (SSSR count). The van der Waals surface area contributed by atoms with E-state index in [4.69, 9.17) is 11.6 Å². The number of halogens is 4. The van der Waals surface area contributed by atoms with E-state index < -0.39 is 11.9 Å². The lowest BCUT2D eigenvalue weighted by atomic mass is 10.1. The lowest BCUT2D eigenvalue weighted by molar-refractivity contribution is -0.142. The Morgan fingerprint density at radius 3 is 2.38 bits per heavy atom. The second-order valence-electron chi connectivity index (χ2n) is 7.42. The number of aryl methyl sites for hydroxylation is 2. The summed E-state index contributed by atoms with van der Waals surface area (Å²) in [5.74, 6) is 0. The summed E-state index contributed by atoms with van der Waals surface area (Å²) in [4.78, 5) is 5.23. The maximum atomic E-state index is 13.9. The predicted molar refractivity (Wildman–Crippen MR) is 121 cm³/mol. The fourth-order valence-electron chi connectivity index (χ4n) is 3.80. The Bertz CT molecular complexity index is 1440. The van der Waals surface area contributed by atoms with Crippen molar-refractivity contribution in [3.05, 3.63) is 82.1 Å². The molecule has 32 heavy (non-hydrogen) atoms. The normalized spacial score (nSPS) is 12.1. The Kier molecular flexibility index (Phi) is 4.87. The van der Waals surface area contributed by atoms with Crippen LogP contribution in [0.5, 0.6) is 0 Å². The van der Waals surface area contributed by atoms with Gasteiger partial charge in [0.1, 0.15) is 5.69 Å². The predicted octanol–water partition coefficient (Wildman–Crippen LogP) is 7.20. The first-order valence-corrected chi connectivity index (χ1v) is 11.0. The SMILES string of the molecule is Cc1ccc(C)n1-c1ccsc1-c1cc2nc(-c3cccc(Cl)c3)cc(C(F)(F)F)n2n1. The molecule has 0 spiro atoms. The van der Waals surface area contributed by atoms with Gasteiger partial charge in [-0.2, -0.15) is 18.3 Å². The first-order valence-electron chi connectivity index (χ1n) is 9.69. The Morgan fingerprint density at radius 2 is 1.69 bits per heavy atom. The van der Waals surface area contributed by atoms with Crippen LogP contribution in [-0.2, 0) is 6.18 Å². The summed E-state index contributed by atoms with van der Waals surface area (Å²) >= 11 is 7.46. The monoisotopic (exact) mass is 472 g/mol. The molecule has 0 unspecified atom stereocenters. The molecular formula is C23H16ClF3N4S. The van der Waals surface area contributed by atoms with E-state index in [9.17, 15) is 13.2 Å². The summed E-state index contributed by atoms with van der Waals surface area (Å²) in [6, 6.07) is 15.1. The van der Waals surface area contributed by atoms with Crippen molar-refractivity contribution in [3.8, 4) is 27.5 Å². The molecule has 0 bridgehead atoms. The van der Waals surface area contributed by atoms with Crippen molar-refractivity contribution in [2.24, 2.45) is 0 Å². The Labute approximate surface area is 190 Å². The van der Waals surface area contributed by atoms with E-state index in [0.717, 1.165) is 32.5 Å². The summed E-state index contributed by atoms with van der Waals surface area (Å²) in [5.41, 5.74) is 3.28. The van der Waals surface area contributed by atoms with E-state index in [-0.39, 0.29) is 11.3 Å². The molecule has 1 aromatic carbocycles. The van der Waals surface area contributed by atoms with Gasteiger partial charge in [-0.3, -0.25) is 0 Å². The minimum atomic E-state index is -4.61. The van der Waals surface area contributed by atoms with Crippen LogP contribution in [0.3, 0.4) is 0 Å². The number of benzene rings is 1. The zero-order valence-electron chi connectivity index (χ0n) is 17.0. The zero-order chi connectivity index (χ0) is 22.6. The van der Waals surface area contributed by atoms with Crippen LogP contribution < -0.4 is 0 Å². The highest BCUT2D eigenvalue weighted by Crippen LogP contribution is 2.37. The molecule has 0 aliphatic heterocycles.